The molecule has 106 valence electrons. The fourth-order valence-electron chi connectivity index (χ4n) is 1.75. The summed E-state index contributed by atoms with van der Waals surface area (Å²) < 4.78 is 32.7. The Hall–Kier alpha value is -1.82. The number of nitrogens with one attached hydrogen (secondary N) is 1. The zero-order chi connectivity index (χ0) is 14.7. The van der Waals surface area contributed by atoms with E-state index in [1.165, 1.54) is 25.3 Å². The number of methoxy groups -OCH3 is 1. The molecule has 0 saturated heterocycles. The van der Waals surface area contributed by atoms with Crippen molar-refractivity contribution in [1.82, 2.24) is 0 Å². The highest BCUT2D eigenvalue weighted by atomic mass is 79.9. The Bertz CT molecular complexity index is 635. The summed E-state index contributed by atoms with van der Waals surface area (Å²) in [6.45, 7) is 0.226. The van der Waals surface area contributed by atoms with Gasteiger partial charge in [-0.25, -0.2) is 8.78 Å². The monoisotopic (exact) mass is 342 g/mol. The molecule has 0 radical (unpaired) electrons. The van der Waals surface area contributed by atoms with Gasteiger partial charge < -0.3 is 15.8 Å². The third kappa shape index (κ3) is 3.19. The van der Waals surface area contributed by atoms with E-state index in [0.29, 0.717) is 11.3 Å². The van der Waals surface area contributed by atoms with Crippen molar-refractivity contribution in [1.29, 1.82) is 0 Å². The smallest absolute Gasteiger partial charge is 0.167 e. The van der Waals surface area contributed by atoms with Crippen LogP contribution in [0.4, 0.5) is 20.2 Å². The second kappa shape index (κ2) is 6.09. The molecule has 0 saturated carbocycles. The first-order valence-corrected chi connectivity index (χ1v) is 6.61. The first-order valence-electron chi connectivity index (χ1n) is 5.82. The zero-order valence-electron chi connectivity index (χ0n) is 10.7. The maximum atomic E-state index is 13.6. The van der Waals surface area contributed by atoms with Crippen LogP contribution in [0.5, 0.6) is 5.75 Å². The summed E-state index contributed by atoms with van der Waals surface area (Å²) in [5.74, 6) is -0.783. The van der Waals surface area contributed by atoms with Gasteiger partial charge in [0.25, 0.3) is 0 Å². The minimum absolute atomic E-state index is 0.0800. The Kier molecular flexibility index (Phi) is 4.44. The lowest BCUT2D eigenvalue weighted by Gasteiger charge is -2.12. The van der Waals surface area contributed by atoms with Gasteiger partial charge in [0.2, 0.25) is 0 Å². The number of halogens is 3. The minimum Gasteiger partial charge on any atom is -0.494 e. The van der Waals surface area contributed by atoms with E-state index in [2.05, 4.69) is 21.2 Å². The number of rotatable bonds is 4. The van der Waals surface area contributed by atoms with Crippen LogP contribution >= 0.6 is 15.9 Å². The molecule has 0 aliphatic rings. The van der Waals surface area contributed by atoms with Crippen molar-refractivity contribution < 1.29 is 13.5 Å². The number of hydrogen-bond acceptors (Lipinski definition) is 3. The van der Waals surface area contributed by atoms with Crippen molar-refractivity contribution >= 4 is 27.3 Å². The van der Waals surface area contributed by atoms with E-state index in [1.54, 1.807) is 12.1 Å². The predicted molar refractivity (Wildman–Crippen MR) is 78.8 cm³/mol. The van der Waals surface area contributed by atoms with Crippen LogP contribution in [0.15, 0.2) is 34.8 Å². The average molecular weight is 343 g/mol. The molecule has 0 aliphatic heterocycles. The highest BCUT2D eigenvalue weighted by Gasteiger charge is 2.09. The molecule has 6 heteroatoms. The maximum absolute atomic E-state index is 13.6. The molecule has 0 atom stereocenters. The molecule has 2 aromatic rings. The van der Waals surface area contributed by atoms with Gasteiger partial charge in [-0.1, -0.05) is 15.9 Å². The Morgan fingerprint density at radius 2 is 1.95 bits per heavy atom. The summed E-state index contributed by atoms with van der Waals surface area (Å²) in [6.07, 6.45) is 0. The van der Waals surface area contributed by atoms with Gasteiger partial charge in [0.1, 0.15) is 5.82 Å². The summed E-state index contributed by atoms with van der Waals surface area (Å²) in [7, 11) is 1.37. The van der Waals surface area contributed by atoms with Crippen LogP contribution in [-0.4, -0.2) is 7.11 Å². The maximum Gasteiger partial charge on any atom is 0.167 e. The van der Waals surface area contributed by atoms with Gasteiger partial charge in [-0.3, -0.25) is 0 Å². The summed E-state index contributed by atoms with van der Waals surface area (Å²) in [4.78, 5) is 0. The second-order valence-corrected chi connectivity index (χ2v) is 5.08. The van der Waals surface area contributed by atoms with Gasteiger partial charge in [0, 0.05) is 28.7 Å². The first-order chi connectivity index (χ1) is 9.51. The first kappa shape index (κ1) is 14.6. The van der Waals surface area contributed by atoms with Crippen molar-refractivity contribution in [2.24, 2.45) is 0 Å². The molecule has 0 heterocycles. The molecule has 0 bridgehead atoms. The van der Waals surface area contributed by atoms with Crippen molar-refractivity contribution in [2.45, 2.75) is 6.54 Å². The van der Waals surface area contributed by atoms with Gasteiger partial charge in [0.15, 0.2) is 11.6 Å². The highest BCUT2D eigenvalue weighted by molar-refractivity contribution is 9.10. The van der Waals surface area contributed by atoms with Crippen LogP contribution in [0.1, 0.15) is 5.56 Å². The van der Waals surface area contributed by atoms with Crippen molar-refractivity contribution in [3.05, 3.63) is 52.0 Å². The molecule has 2 rings (SSSR count). The Balaban J connectivity index is 2.20. The van der Waals surface area contributed by atoms with Crippen LogP contribution in [0, 0.1) is 11.6 Å². The SMILES string of the molecule is COc1cc(NCc2cc(Br)ccc2F)c(N)cc1F. The van der Waals surface area contributed by atoms with Gasteiger partial charge in [-0.15, -0.1) is 0 Å². The molecule has 3 N–H and O–H groups in total. The Morgan fingerprint density at radius 3 is 2.65 bits per heavy atom. The molecule has 20 heavy (non-hydrogen) atoms. The lowest BCUT2D eigenvalue weighted by molar-refractivity contribution is 0.387. The Morgan fingerprint density at radius 1 is 1.20 bits per heavy atom. The van der Waals surface area contributed by atoms with Crippen molar-refractivity contribution in [3.63, 3.8) is 0 Å². The van der Waals surface area contributed by atoms with Crippen molar-refractivity contribution in [3.8, 4) is 5.75 Å². The molecule has 0 unspecified atom stereocenters. The molecule has 2 aromatic carbocycles. The largest absolute Gasteiger partial charge is 0.494 e. The van der Waals surface area contributed by atoms with E-state index in [9.17, 15) is 8.78 Å². The van der Waals surface area contributed by atoms with Crippen LogP contribution in [0.25, 0.3) is 0 Å². The van der Waals surface area contributed by atoms with E-state index >= 15 is 0 Å². The molecule has 0 amide bonds. The van der Waals surface area contributed by atoms with E-state index < -0.39 is 5.82 Å². The van der Waals surface area contributed by atoms with Gasteiger partial charge >= 0.3 is 0 Å². The summed E-state index contributed by atoms with van der Waals surface area (Å²) in [5, 5.41) is 2.97. The van der Waals surface area contributed by atoms with Gasteiger partial charge in [-0.2, -0.15) is 0 Å². The molecule has 0 aromatic heterocycles. The molecular formula is C14H13BrF2N2O. The average Bonchev–Trinajstić information content (AvgIpc) is 2.41. The Labute approximate surface area is 123 Å². The molecule has 3 nitrogen and oxygen atoms in total. The number of nitrogens with two attached hydrogens (primary N) is 1. The highest BCUT2D eigenvalue weighted by Crippen LogP contribution is 2.28. The van der Waals surface area contributed by atoms with Crippen LogP contribution in [0.3, 0.4) is 0 Å². The van der Waals surface area contributed by atoms with Crippen LogP contribution < -0.4 is 15.8 Å². The lowest BCUT2D eigenvalue weighted by Crippen LogP contribution is -2.05. The molecular weight excluding hydrogens is 330 g/mol. The molecule has 0 spiro atoms. The summed E-state index contributed by atoms with van der Waals surface area (Å²) >= 11 is 3.28. The van der Waals surface area contributed by atoms with E-state index in [-0.39, 0.29) is 23.8 Å². The normalized spacial score (nSPS) is 10.4. The number of nitrogen functional groups attached to an aromatic ring is 1. The van der Waals surface area contributed by atoms with Gasteiger partial charge in [-0.05, 0) is 18.2 Å². The zero-order valence-corrected chi connectivity index (χ0v) is 12.3. The lowest BCUT2D eigenvalue weighted by atomic mass is 10.2. The molecule has 0 aliphatic carbocycles. The third-order valence-corrected chi connectivity index (χ3v) is 3.29. The van der Waals surface area contributed by atoms with E-state index in [4.69, 9.17) is 10.5 Å². The fraction of sp³-hybridized carbons (Fsp3) is 0.143. The number of hydrogen-bond donors (Lipinski definition) is 2. The summed E-state index contributed by atoms with van der Waals surface area (Å²) in [5.41, 5.74) is 6.91. The quantitative estimate of drug-likeness (QED) is 0.827. The predicted octanol–water partition coefficient (Wildman–Crippen LogP) is 3.93. The second-order valence-electron chi connectivity index (χ2n) is 4.16. The third-order valence-electron chi connectivity index (χ3n) is 2.80. The molecule has 0 fully saturated rings. The number of benzene rings is 2. The van der Waals surface area contributed by atoms with E-state index in [0.717, 1.165) is 4.47 Å². The number of ether oxygens (including phenoxy) is 1. The van der Waals surface area contributed by atoms with Crippen LogP contribution in [0.2, 0.25) is 0 Å². The fourth-order valence-corrected chi connectivity index (χ4v) is 2.16. The van der Waals surface area contributed by atoms with Crippen molar-refractivity contribution in [2.75, 3.05) is 18.2 Å². The van der Waals surface area contributed by atoms with Crippen LogP contribution in [-0.2, 0) is 6.54 Å². The van der Waals surface area contributed by atoms with E-state index in [1.807, 2.05) is 0 Å². The van der Waals surface area contributed by atoms with Gasteiger partial charge in [0.05, 0.1) is 18.5 Å². The standard InChI is InChI=1S/C14H13BrF2N2O/c1-20-14-6-13(12(18)5-11(14)17)19-7-8-4-9(15)2-3-10(8)16/h2-6,19H,7,18H2,1H3. The topological polar surface area (TPSA) is 47.3 Å². The minimum atomic E-state index is -0.538. The summed E-state index contributed by atoms with van der Waals surface area (Å²) in [6, 6.07) is 7.27. The number of anilines is 2.